The van der Waals surface area contributed by atoms with Crippen molar-refractivity contribution in [2.24, 2.45) is 11.8 Å². The van der Waals surface area contributed by atoms with Gasteiger partial charge >= 0.3 is 11.9 Å². The Labute approximate surface area is 168 Å². The number of ether oxygens (including phenoxy) is 3. The van der Waals surface area contributed by atoms with Crippen molar-refractivity contribution in [1.82, 2.24) is 0 Å². The number of carbonyl (C=O) groups is 2. The van der Waals surface area contributed by atoms with Gasteiger partial charge in [0.15, 0.2) is 0 Å². The van der Waals surface area contributed by atoms with Crippen LogP contribution in [0.15, 0.2) is 30.3 Å². The van der Waals surface area contributed by atoms with E-state index < -0.39 is 11.5 Å². The Balaban J connectivity index is 1.99. The topological polar surface area (TPSA) is 61.8 Å². The average molecular weight is 391 g/mol. The normalized spacial score (nSPS) is 18.2. The monoisotopic (exact) mass is 390 g/mol. The Morgan fingerprint density at radius 3 is 2.25 bits per heavy atom. The van der Waals surface area contributed by atoms with Crippen molar-refractivity contribution >= 4 is 11.9 Å². The SMILES string of the molecule is C[C@H](CC(=O)OC(C)(C)C)C(=O)O[C@@H](C1CCCC1)[C@H](C)Oc1ccccc1. The van der Waals surface area contributed by atoms with Crippen LogP contribution >= 0.6 is 0 Å². The first kappa shape index (κ1) is 22.3. The summed E-state index contributed by atoms with van der Waals surface area (Å²) in [6.07, 6.45) is 3.77. The molecule has 0 heterocycles. The van der Waals surface area contributed by atoms with E-state index in [9.17, 15) is 9.59 Å². The predicted molar refractivity (Wildman–Crippen MR) is 108 cm³/mol. The highest BCUT2D eigenvalue weighted by Crippen LogP contribution is 2.32. The summed E-state index contributed by atoms with van der Waals surface area (Å²) >= 11 is 0. The van der Waals surface area contributed by atoms with Crippen molar-refractivity contribution < 1.29 is 23.8 Å². The second-order valence-corrected chi connectivity index (χ2v) is 8.77. The van der Waals surface area contributed by atoms with E-state index in [0.29, 0.717) is 0 Å². The van der Waals surface area contributed by atoms with E-state index in [0.717, 1.165) is 31.4 Å². The molecule has 0 amide bonds. The summed E-state index contributed by atoms with van der Waals surface area (Å²) in [6.45, 7) is 9.09. The second-order valence-electron chi connectivity index (χ2n) is 8.77. The van der Waals surface area contributed by atoms with Gasteiger partial charge in [-0.05, 0) is 58.6 Å². The lowest BCUT2D eigenvalue weighted by molar-refractivity contribution is -0.168. The first-order valence-corrected chi connectivity index (χ1v) is 10.3. The number of benzene rings is 1. The molecule has 0 bridgehead atoms. The highest BCUT2D eigenvalue weighted by Gasteiger charge is 2.35. The minimum Gasteiger partial charge on any atom is -0.487 e. The summed E-state index contributed by atoms with van der Waals surface area (Å²) < 4.78 is 17.3. The van der Waals surface area contributed by atoms with Crippen LogP contribution in [-0.4, -0.2) is 29.7 Å². The summed E-state index contributed by atoms with van der Waals surface area (Å²) in [5.74, 6) is -0.260. The van der Waals surface area contributed by atoms with Gasteiger partial charge in [-0.3, -0.25) is 9.59 Å². The van der Waals surface area contributed by atoms with Gasteiger partial charge < -0.3 is 14.2 Å². The van der Waals surface area contributed by atoms with Crippen molar-refractivity contribution in [3.05, 3.63) is 30.3 Å². The molecule has 0 unspecified atom stereocenters. The molecule has 1 fully saturated rings. The second kappa shape index (κ2) is 9.94. The first-order chi connectivity index (χ1) is 13.2. The summed E-state index contributed by atoms with van der Waals surface area (Å²) in [4.78, 5) is 24.7. The summed E-state index contributed by atoms with van der Waals surface area (Å²) in [5.41, 5.74) is -0.564. The Bertz CT molecular complexity index is 628. The van der Waals surface area contributed by atoms with Gasteiger partial charge in [0.1, 0.15) is 23.6 Å². The van der Waals surface area contributed by atoms with Gasteiger partial charge in [0.25, 0.3) is 0 Å². The fourth-order valence-electron chi connectivity index (χ4n) is 3.61. The maximum absolute atomic E-state index is 12.7. The zero-order valence-electron chi connectivity index (χ0n) is 17.8. The fourth-order valence-corrected chi connectivity index (χ4v) is 3.61. The fraction of sp³-hybridized carbons (Fsp3) is 0.652. The minimum atomic E-state index is -0.564. The van der Waals surface area contributed by atoms with E-state index in [1.807, 2.05) is 58.0 Å². The Morgan fingerprint density at radius 2 is 1.68 bits per heavy atom. The number of esters is 2. The van der Waals surface area contributed by atoms with Crippen molar-refractivity contribution in [1.29, 1.82) is 0 Å². The summed E-state index contributed by atoms with van der Waals surface area (Å²) in [7, 11) is 0. The highest BCUT2D eigenvalue weighted by atomic mass is 16.6. The van der Waals surface area contributed by atoms with Crippen LogP contribution < -0.4 is 4.74 Å². The predicted octanol–water partition coefficient (Wildman–Crippen LogP) is 4.92. The molecule has 0 aliphatic heterocycles. The van der Waals surface area contributed by atoms with Crippen LogP contribution in [0.3, 0.4) is 0 Å². The smallest absolute Gasteiger partial charge is 0.309 e. The van der Waals surface area contributed by atoms with E-state index in [4.69, 9.17) is 14.2 Å². The van der Waals surface area contributed by atoms with Crippen molar-refractivity contribution in [3.8, 4) is 5.75 Å². The van der Waals surface area contributed by atoms with E-state index in [1.165, 1.54) is 0 Å². The third kappa shape index (κ3) is 7.17. The van der Waals surface area contributed by atoms with E-state index in [1.54, 1.807) is 6.92 Å². The lowest BCUT2D eigenvalue weighted by atomic mass is 9.96. The van der Waals surface area contributed by atoms with E-state index >= 15 is 0 Å². The van der Waals surface area contributed by atoms with E-state index in [2.05, 4.69) is 0 Å². The maximum Gasteiger partial charge on any atom is 0.309 e. The van der Waals surface area contributed by atoms with Crippen LogP contribution in [0.2, 0.25) is 0 Å². The van der Waals surface area contributed by atoms with Gasteiger partial charge in [-0.1, -0.05) is 38.0 Å². The van der Waals surface area contributed by atoms with Crippen molar-refractivity contribution in [3.63, 3.8) is 0 Å². The summed E-state index contributed by atoms with van der Waals surface area (Å²) in [6, 6.07) is 9.57. The molecule has 3 atom stereocenters. The molecular formula is C23H34O5. The van der Waals surface area contributed by atoms with Crippen LogP contribution in [-0.2, 0) is 19.1 Å². The van der Waals surface area contributed by atoms with Gasteiger partial charge in [0.2, 0.25) is 0 Å². The van der Waals surface area contributed by atoms with Crippen LogP contribution in [0, 0.1) is 11.8 Å². The van der Waals surface area contributed by atoms with Crippen LogP contribution in [0.1, 0.15) is 66.7 Å². The van der Waals surface area contributed by atoms with E-state index in [-0.39, 0.29) is 36.5 Å². The molecule has 0 spiro atoms. The van der Waals surface area contributed by atoms with Crippen molar-refractivity contribution in [2.75, 3.05) is 0 Å². The molecule has 1 aliphatic carbocycles. The van der Waals surface area contributed by atoms with Gasteiger partial charge in [0, 0.05) is 0 Å². The van der Waals surface area contributed by atoms with Gasteiger partial charge in [-0.15, -0.1) is 0 Å². The molecular weight excluding hydrogens is 356 g/mol. The molecule has 5 nitrogen and oxygen atoms in total. The molecule has 28 heavy (non-hydrogen) atoms. The molecule has 0 aromatic heterocycles. The number of carbonyl (C=O) groups excluding carboxylic acids is 2. The molecule has 0 radical (unpaired) electrons. The molecule has 156 valence electrons. The zero-order chi connectivity index (χ0) is 20.7. The highest BCUT2D eigenvalue weighted by molar-refractivity contribution is 5.80. The first-order valence-electron chi connectivity index (χ1n) is 10.3. The zero-order valence-corrected chi connectivity index (χ0v) is 17.8. The molecule has 2 rings (SSSR count). The Hall–Kier alpha value is -2.04. The summed E-state index contributed by atoms with van der Waals surface area (Å²) in [5, 5.41) is 0. The Kier molecular flexibility index (Phi) is 7.90. The molecule has 1 aliphatic rings. The third-order valence-electron chi connectivity index (χ3n) is 4.94. The number of rotatable bonds is 8. The molecule has 1 aromatic rings. The van der Waals surface area contributed by atoms with Gasteiger partial charge in [-0.25, -0.2) is 0 Å². The number of para-hydroxylation sites is 1. The standard InChI is InChI=1S/C23H34O5/c1-16(15-20(24)28-23(3,4)5)22(25)27-21(18-11-9-10-12-18)17(2)26-19-13-7-6-8-14-19/h6-8,13-14,16-18,21H,9-12,15H2,1-5H3/t16-,17+,21-/m1/s1. The Morgan fingerprint density at radius 1 is 1.07 bits per heavy atom. The maximum atomic E-state index is 12.7. The third-order valence-corrected chi connectivity index (χ3v) is 4.94. The van der Waals surface area contributed by atoms with Crippen LogP contribution in [0.25, 0.3) is 0 Å². The lowest BCUT2D eigenvalue weighted by Crippen LogP contribution is -2.40. The number of hydrogen-bond acceptors (Lipinski definition) is 5. The van der Waals surface area contributed by atoms with Crippen LogP contribution in [0.4, 0.5) is 0 Å². The van der Waals surface area contributed by atoms with Gasteiger partial charge in [-0.2, -0.15) is 0 Å². The molecule has 1 saturated carbocycles. The largest absolute Gasteiger partial charge is 0.487 e. The molecule has 1 aromatic carbocycles. The molecule has 0 saturated heterocycles. The minimum absolute atomic E-state index is 0.0153. The average Bonchev–Trinajstić information content (AvgIpc) is 3.12. The molecule has 0 N–H and O–H groups in total. The van der Waals surface area contributed by atoms with Crippen molar-refractivity contribution in [2.45, 2.75) is 84.5 Å². The van der Waals surface area contributed by atoms with Gasteiger partial charge in [0.05, 0.1) is 12.3 Å². The molecule has 5 heteroatoms. The lowest BCUT2D eigenvalue weighted by Gasteiger charge is -2.30. The van der Waals surface area contributed by atoms with Crippen LogP contribution in [0.5, 0.6) is 5.75 Å². The number of hydrogen-bond donors (Lipinski definition) is 0. The quantitative estimate of drug-likeness (QED) is 0.589.